The molecule has 0 saturated carbocycles. The number of hydrogen-bond donors (Lipinski definition) is 1. The van der Waals surface area contributed by atoms with E-state index in [0.717, 1.165) is 21.7 Å². The van der Waals surface area contributed by atoms with E-state index < -0.39 is 22.5 Å². The molecule has 0 aromatic heterocycles. The van der Waals surface area contributed by atoms with Crippen LogP contribution in [-0.2, 0) is 21.4 Å². The predicted octanol–water partition coefficient (Wildman–Crippen LogP) is 4.45. The third-order valence-electron chi connectivity index (χ3n) is 4.94. The molecule has 0 bridgehead atoms. The van der Waals surface area contributed by atoms with Crippen molar-refractivity contribution in [3.8, 4) is 5.75 Å². The van der Waals surface area contributed by atoms with Crippen LogP contribution < -0.4 is 14.5 Å². The zero-order chi connectivity index (χ0) is 24.7. The molecule has 0 fully saturated rings. The van der Waals surface area contributed by atoms with E-state index in [1.54, 1.807) is 31.2 Å². The molecule has 0 unspecified atom stereocenters. The Hall–Kier alpha value is -3.36. The van der Waals surface area contributed by atoms with Gasteiger partial charge in [-0.25, -0.2) is 13.8 Å². The fourth-order valence-electron chi connectivity index (χ4n) is 3.08. The molecule has 1 amide bonds. The summed E-state index contributed by atoms with van der Waals surface area (Å²) in [6.07, 6.45) is 2.50. The highest BCUT2D eigenvalue weighted by molar-refractivity contribution is 7.92. The molecule has 0 spiro atoms. The standard InChI is InChI=1S/C25H26ClN3O4S/c1-18-4-7-21(8-5-18)17-33-23-12-9-20(10-13-23)15-27-28-25(30)16-29(34(3,31)32)24-14-22(26)11-6-19(24)2/h4-15H,16-17H2,1-3H3,(H,28,30)/b27-15-. The Balaban J connectivity index is 1.57. The number of aryl methyl sites for hydroxylation is 2. The highest BCUT2D eigenvalue weighted by Crippen LogP contribution is 2.26. The first-order valence-corrected chi connectivity index (χ1v) is 12.7. The maximum absolute atomic E-state index is 12.4. The van der Waals surface area contributed by atoms with Gasteiger partial charge in [0.05, 0.1) is 18.2 Å². The molecule has 0 aliphatic rings. The Kier molecular flexibility index (Phi) is 8.31. The third kappa shape index (κ3) is 7.33. The second kappa shape index (κ2) is 11.2. The molecule has 0 heterocycles. The van der Waals surface area contributed by atoms with Gasteiger partial charge in [0, 0.05) is 5.02 Å². The number of ether oxygens (including phenoxy) is 1. The summed E-state index contributed by atoms with van der Waals surface area (Å²) < 4.78 is 31.3. The second-order valence-electron chi connectivity index (χ2n) is 7.84. The molecule has 3 aromatic carbocycles. The van der Waals surface area contributed by atoms with Gasteiger partial charge in [-0.15, -0.1) is 0 Å². The van der Waals surface area contributed by atoms with Gasteiger partial charge < -0.3 is 4.74 Å². The van der Waals surface area contributed by atoms with Gasteiger partial charge in [-0.2, -0.15) is 5.10 Å². The summed E-state index contributed by atoms with van der Waals surface area (Å²) in [6, 6.07) is 20.2. The summed E-state index contributed by atoms with van der Waals surface area (Å²) in [6.45, 7) is 3.82. The molecule has 0 aliphatic heterocycles. The van der Waals surface area contributed by atoms with Crippen LogP contribution in [0.5, 0.6) is 5.75 Å². The number of amides is 1. The number of rotatable bonds is 9. The highest BCUT2D eigenvalue weighted by atomic mass is 35.5. The minimum atomic E-state index is -3.71. The van der Waals surface area contributed by atoms with Gasteiger partial charge in [0.25, 0.3) is 5.91 Å². The van der Waals surface area contributed by atoms with Crippen LogP contribution in [-0.4, -0.2) is 33.3 Å². The Morgan fingerprint density at radius 2 is 1.74 bits per heavy atom. The van der Waals surface area contributed by atoms with Gasteiger partial charge in [-0.1, -0.05) is 47.5 Å². The number of nitrogens with zero attached hydrogens (tertiary/aromatic N) is 2. The number of sulfonamides is 1. The average molecular weight is 500 g/mol. The van der Waals surface area contributed by atoms with Crippen molar-refractivity contribution in [2.45, 2.75) is 20.5 Å². The number of anilines is 1. The summed E-state index contributed by atoms with van der Waals surface area (Å²) in [7, 11) is -3.71. The molecule has 3 rings (SSSR count). The van der Waals surface area contributed by atoms with Crippen molar-refractivity contribution < 1.29 is 17.9 Å². The maximum atomic E-state index is 12.4. The number of halogens is 1. The van der Waals surface area contributed by atoms with Crippen LogP contribution in [0.4, 0.5) is 5.69 Å². The molecule has 178 valence electrons. The van der Waals surface area contributed by atoms with Crippen LogP contribution >= 0.6 is 11.6 Å². The zero-order valence-electron chi connectivity index (χ0n) is 19.2. The van der Waals surface area contributed by atoms with Gasteiger partial charge in [-0.3, -0.25) is 9.10 Å². The molecule has 0 radical (unpaired) electrons. The molecule has 7 nitrogen and oxygen atoms in total. The van der Waals surface area contributed by atoms with Crippen molar-refractivity contribution in [3.05, 3.63) is 94.0 Å². The molecule has 0 atom stereocenters. The number of hydrazone groups is 1. The van der Waals surface area contributed by atoms with Crippen molar-refractivity contribution in [1.82, 2.24) is 5.43 Å². The summed E-state index contributed by atoms with van der Waals surface area (Å²) in [5, 5.41) is 4.30. The van der Waals surface area contributed by atoms with Crippen LogP contribution in [0, 0.1) is 13.8 Å². The van der Waals surface area contributed by atoms with Crippen molar-refractivity contribution in [2.24, 2.45) is 5.10 Å². The summed E-state index contributed by atoms with van der Waals surface area (Å²) in [5.41, 5.74) is 6.40. The Morgan fingerprint density at radius 1 is 1.06 bits per heavy atom. The van der Waals surface area contributed by atoms with E-state index in [4.69, 9.17) is 16.3 Å². The second-order valence-corrected chi connectivity index (χ2v) is 10.2. The van der Waals surface area contributed by atoms with Crippen LogP contribution in [0.1, 0.15) is 22.3 Å². The Morgan fingerprint density at radius 3 is 2.38 bits per heavy atom. The van der Waals surface area contributed by atoms with Crippen LogP contribution in [0.3, 0.4) is 0 Å². The Labute approximate surface area is 205 Å². The molecule has 34 heavy (non-hydrogen) atoms. The first-order valence-electron chi connectivity index (χ1n) is 10.5. The molecule has 1 N–H and O–H groups in total. The molecule has 9 heteroatoms. The van der Waals surface area contributed by atoms with Crippen LogP contribution in [0.25, 0.3) is 0 Å². The van der Waals surface area contributed by atoms with Crippen LogP contribution in [0.15, 0.2) is 71.8 Å². The van der Waals surface area contributed by atoms with Gasteiger partial charge in [-0.05, 0) is 66.9 Å². The monoisotopic (exact) mass is 499 g/mol. The van der Waals surface area contributed by atoms with Crippen molar-refractivity contribution >= 4 is 39.4 Å². The largest absolute Gasteiger partial charge is 0.489 e. The van der Waals surface area contributed by atoms with Gasteiger partial charge in [0.2, 0.25) is 10.0 Å². The van der Waals surface area contributed by atoms with Gasteiger partial charge in [0.1, 0.15) is 18.9 Å². The molecule has 0 saturated heterocycles. The van der Waals surface area contributed by atoms with Crippen molar-refractivity contribution in [1.29, 1.82) is 0 Å². The van der Waals surface area contributed by atoms with Gasteiger partial charge in [0.15, 0.2) is 0 Å². The van der Waals surface area contributed by atoms with E-state index >= 15 is 0 Å². The minimum Gasteiger partial charge on any atom is -0.489 e. The zero-order valence-corrected chi connectivity index (χ0v) is 20.7. The summed E-state index contributed by atoms with van der Waals surface area (Å²) >= 11 is 6.01. The fourth-order valence-corrected chi connectivity index (χ4v) is 4.15. The van der Waals surface area contributed by atoms with Crippen molar-refractivity contribution in [2.75, 3.05) is 17.1 Å². The molecule has 0 aliphatic carbocycles. The lowest BCUT2D eigenvalue weighted by Crippen LogP contribution is -2.39. The number of benzene rings is 3. The van der Waals surface area contributed by atoms with E-state index in [1.165, 1.54) is 17.8 Å². The van der Waals surface area contributed by atoms with Crippen LogP contribution in [0.2, 0.25) is 5.02 Å². The van der Waals surface area contributed by atoms with E-state index in [-0.39, 0.29) is 0 Å². The quantitative estimate of drug-likeness (QED) is 0.348. The molecule has 3 aromatic rings. The number of carbonyl (C=O) groups excluding carboxylic acids is 1. The normalized spacial score (nSPS) is 11.4. The van der Waals surface area contributed by atoms with E-state index in [0.29, 0.717) is 28.6 Å². The smallest absolute Gasteiger partial charge is 0.260 e. The summed E-state index contributed by atoms with van der Waals surface area (Å²) in [5.74, 6) is 0.126. The highest BCUT2D eigenvalue weighted by Gasteiger charge is 2.22. The molecular weight excluding hydrogens is 474 g/mol. The summed E-state index contributed by atoms with van der Waals surface area (Å²) in [4.78, 5) is 12.4. The number of hydrogen-bond acceptors (Lipinski definition) is 5. The molecular formula is C25H26ClN3O4S. The maximum Gasteiger partial charge on any atom is 0.260 e. The van der Waals surface area contributed by atoms with E-state index in [9.17, 15) is 13.2 Å². The topological polar surface area (TPSA) is 88.1 Å². The first kappa shape index (κ1) is 25.3. The Bertz CT molecular complexity index is 1270. The van der Waals surface area contributed by atoms with Crippen molar-refractivity contribution in [3.63, 3.8) is 0 Å². The lowest BCUT2D eigenvalue weighted by molar-refractivity contribution is -0.119. The SMILES string of the molecule is Cc1ccc(COc2ccc(/C=N\NC(=O)CN(c3cc(Cl)ccc3C)S(C)(=O)=O)cc2)cc1. The lowest BCUT2D eigenvalue weighted by Gasteiger charge is -2.23. The predicted molar refractivity (Wildman–Crippen MR) is 136 cm³/mol. The fraction of sp³-hybridized carbons (Fsp3) is 0.200. The average Bonchev–Trinajstić information content (AvgIpc) is 2.79. The number of carbonyl (C=O) groups is 1. The van der Waals surface area contributed by atoms with E-state index in [1.807, 2.05) is 43.3 Å². The first-order chi connectivity index (χ1) is 16.1. The van der Waals surface area contributed by atoms with E-state index in [2.05, 4.69) is 10.5 Å². The van der Waals surface area contributed by atoms with Gasteiger partial charge >= 0.3 is 0 Å². The minimum absolute atomic E-state index is 0.343. The number of nitrogens with one attached hydrogen (secondary N) is 1. The third-order valence-corrected chi connectivity index (χ3v) is 6.30. The lowest BCUT2D eigenvalue weighted by atomic mass is 10.2.